The Morgan fingerprint density at radius 1 is 1.32 bits per heavy atom. The first-order valence-corrected chi connectivity index (χ1v) is 7.17. The number of rotatable bonds is 5. The van der Waals surface area contributed by atoms with Gasteiger partial charge in [0.05, 0.1) is 11.2 Å². The molecule has 0 saturated heterocycles. The van der Waals surface area contributed by atoms with Crippen LogP contribution in [0.4, 0.5) is 5.69 Å². The third kappa shape index (κ3) is 3.55. The van der Waals surface area contributed by atoms with Crippen LogP contribution in [-0.2, 0) is 11.3 Å². The summed E-state index contributed by atoms with van der Waals surface area (Å²) in [7, 11) is 0. The maximum atomic E-state index is 12.5. The van der Waals surface area contributed by atoms with E-state index in [1.807, 2.05) is 18.2 Å². The van der Waals surface area contributed by atoms with Crippen molar-refractivity contribution in [1.82, 2.24) is 9.78 Å². The normalized spacial score (nSPS) is 10.3. The van der Waals surface area contributed by atoms with Crippen LogP contribution in [0, 0.1) is 0 Å². The fraction of sp³-hybridized carbons (Fsp3) is 0.133. The number of halogens is 2. The standard InChI is InChI=1S/C15H13Cl2N3O2/c1-2-8-19(11-6-4-3-5-7-11)13(21)10-20-15(22)14(17)12(16)9-18-20/h2-7,9H,1,8,10H2. The third-order valence-electron chi connectivity index (χ3n) is 2.91. The van der Waals surface area contributed by atoms with E-state index in [1.54, 1.807) is 18.2 Å². The monoisotopic (exact) mass is 337 g/mol. The van der Waals surface area contributed by atoms with E-state index in [0.717, 1.165) is 4.68 Å². The van der Waals surface area contributed by atoms with Crippen molar-refractivity contribution in [3.05, 3.63) is 69.6 Å². The first-order chi connectivity index (χ1) is 10.5. The number of hydrogen-bond acceptors (Lipinski definition) is 3. The molecule has 5 nitrogen and oxygen atoms in total. The molecule has 0 N–H and O–H groups in total. The summed E-state index contributed by atoms with van der Waals surface area (Å²) in [6, 6.07) is 9.09. The summed E-state index contributed by atoms with van der Waals surface area (Å²) in [5.74, 6) is -0.306. The van der Waals surface area contributed by atoms with Gasteiger partial charge in [0.1, 0.15) is 11.6 Å². The summed E-state index contributed by atoms with van der Waals surface area (Å²) in [5, 5.41) is 3.73. The van der Waals surface area contributed by atoms with Gasteiger partial charge in [0, 0.05) is 12.2 Å². The van der Waals surface area contributed by atoms with Crippen LogP contribution >= 0.6 is 23.2 Å². The molecule has 2 rings (SSSR count). The summed E-state index contributed by atoms with van der Waals surface area (Å²) < 4.78 is 0.982. The van der Waals surface area contributed by atoms with Gasteiger partial charge in [0.2, 0.25) is 5.91 Å². The molecule has 7 heteroatoms. The molecule has 114 valence electrons. The van der Waals surface area contributed by atoms with E-state index < -0.39 is 5.56 Å². The van der Waals surface area contributed by atoms with Crippen molar-refractivity contribution < 1.29 is 4.79 Å². The molecule has 1 aromatic heterocycles. The first-order valence-electron chi connectivity index (χ1n) is 6.42. The van der Waals surface area contributed by atoms with Crippen LogP contribution in [0.15, 0.2) is 54.0 Å². The number of carbonyl (C=O) groups is 1. The molecule has 1 amide bonds. The minimum atomic E-state index is -0.603. The molecule has 0 spiro atoms. The van der Waals surface area contributed by atoms with Gasteiger partial charge in [-0.1, -0.05) is 47.5 Å². The van der Waals surface area contributed by atoms with Gasteiger partial charge in [0.25, 0.3) is 5.56 Å². The van der Waals surface area contributed by atoms with Gasteiger partial charge in [-0.3, -0.25) is 9.59 Å². The molecular formula is C15H13Cl2N3O2. The molecule has 0 unspecified atom stereocenters. The van der Waals surface area contributed by atoms with Crippen LogP contribution in [0.5, 0.6) is 0 Å². The summed E-state index contributed by atoms with van der Waals surface area (Å²) in [4.78, 5) is 25.9. The molecule has 1 heterocycles. The topological polar surface area (TPSA) is 55.2 Å². The second-order valence-corrected chi connectivity index (χ2v) is 5.18. The van der Waals surface area contributed by atoms with Gasteiger partial charge in [-0.25, -0.2) is 4.68 Å². The molecule has 0 bridgehead atoms. The lowest BCUT2D eigenvalue weighted by Gasteiger charge is -2.21. The molecule has 0 aliphatic heterocycles. The Morgan fingerprint density at radius 3 is 2.64 bits per heavy atom. The Balaban J connectivity index is 2.28. The molecule has 2 aromatic rings. The number of aromatic nitrogens is 2. The zero-order chi connectivity index (χ0) is 16.1. The third-order valence-corrected chi connectivity index (χ3v) is 3.66. The number of anilines is 1. The molecule has 0 saturated carbocycles. The van der Waals surface area contributed by atoms with Crippen molar-refractivity contribution in [3.63, 3.8) is 0 Å². The van der Waals surface area contributed by atoms with E-state index >= 15 is 0 Å². The van der Waals surface area contributed by atoms with Gasteiger partial charge in [-0.2, -0.15) is 5.10 Å². The number of nitrogens with zero attached hydrogens (tertiary/aromatic N) is 3. The Hall–Kier alpha value is -2.11. The van der Waals surface area contributed by atoms with Crippen molar-refractivity contribution >= 4 is 34.8 Å². The van der Waals surface area contributed by atoms with E-state index in [1.165, 1.54) is 11.1 Å². The van der Waals surface area contributed by atoms with Gasteiger partial charge in [-0.05, 0) is 12.1 Å². The lowest BCUT2D eigenvalue weighted by atomic mass is 10.2. The Labute approximate surface area is 137 Å². The van der Waals surface area contributed by atoms with Crippen molar-refractivity contribution in [2.75, 3.05) is 11.4 Å². The maximum Gasteiger partial charge on any atom is 0.287 e. The van der Waals surface area contributed by atoms with E-state index in [4.69, 9.17) is 23.2 Å². The number of hydrogen-bond donors (Lipinski definition) is 0. The first kappa shape index (κ1) is 16.3. The highest BCUT2D eigenvalue weighted by atomic mass is 35.5. The lowest BCUT2D eigenvalue weighted by molar-refractivity contribution is -0.119. The van der Waals surface area contributed by atoms with Gasteiger partial charge in [-0.15, -0.1) is 6.58 Å². The molecule has 0 aliphatic rings. The van der Waals surface area contributed by atoms with Crippen molar-refractivity contribution in [1.29, 1.82) is 0 Å². The van der Waals surface area contributed by atoms with Crippen LogP contribution in [0.1, 0.15) is 0 Å². The van der Waals surface area contributed by atoms with E-state index in [0.29, 0.717) is 12.2 Å². The van der Waals surface area contributed by atoms with Gasteiger partial charge >= 0.3 is 0 Å². The van der Waals surface area contributed by atoms with Crippen molar-refractivity contribution in [2.24, 2.45) is 0 Å². The molecule has 0 fully saturated rings. The van der Waals surface area contributed by atoms with Gasteiger partial charge < -0.3 is 4.90 Å². The average Bonchev–Trinajstić information content (AvgIpc) is 2.54. The van der Waals surface area contributed by atoms with Gasteiger partial charge in [0.15, 0.2) is 0 Å². The van der Waals surface area contributed by atoms with Crippen LogP contribution in [0.2, 0.25) is 10.0 Å². The largest absolute Gasteiger partial charge is 0.307 e. The highest BCUT2D eigenvalue weighted by Crippen LogP contribution is 2.16. The summed E-state index contributed by atoms with van der Waals surface area (Å²) in [6.45, 7) is 3.72. The second-order valence-electron chi connectivity index (χ2n) is 4.40. The minimum absolute atomic E-state index is 0.0568. The maximum absolute atomic E-state index is 12.5. The molecular weight excluding hydrogens is 325 g/mol. The highest BCUT2D eigenvalue weighted by molar-refractivity contribution is 6.41. The molecule has 0 aliphatic carbocycles. The molecule has 22 heavy (non-hydrogen) atoms. The van der Waals surface area contributed by atoms with Crippen LogP contribution in [-0.4, -0.2) is 22.2 Å². The second kappa shape index (κ2) is 7.24. The zero-order valence-corrected chi connectivity index (χ0v) is 13.1. The van der Waals surface area contributed by atoms with Crippen LogP contribution in [0.3, 0.4) is 0 Å². The molecule has 0 radical (unpaired) electrons. The molecule has 1 aromatic carbocycles. The molecule has 0 atom stereocenters. The number of amides is 1. The van der Waals surface area contributed by atoms with Crippen LogP contribution in [0.25, 0.3) is 0 Å². The number of benzene rings is 1. The summed E-state index contributed by atoms with van der Waals surface area (Å²) in [6.07, 6.45) is 2.84. The van der Waals surface area contributed by atoms with Crippen LogP contribution < -0.4 is 10.5 Å². The summed E-state index contributed by atoms with van der Waals surface area (Å²) >= 11 is 11.5. The number of para-hydroxylation sites is 1. The predicted octanol–water partition coefficient (Wildman–Crippen LogP) is 2.77. The summed E-state index contributed by atoms with van der Waals surface area (Å²) in [5.41, 5.74) is 0.106. The fourth-order valence-electron chi connectivity index (χ4n) is 1.86. The minimum Gasteiger partial charge on any atom is -0.307 e. The fourth-order valence-corrected chi connectivity index (χ4v) is 2.13. The van der Waals surface area contributed by atoms with E-state index in [2.05, 4.69) is 11.7 Å². The quantitative estimate of drug-likeness (QED) is 0.788. The Bertz CT molecular complexity index is 744. The van der Waals surface area contributed by atoms with E-state index in [-0.39, 0.29) is 22.5 Å². The predicted molar refractivity (Wildman–Crippen MR) is 87.5 cm³/mol. The number of carbonyl (C=O) groups excluding carboxylic acids is 1. The van der Waals surface area contributed by atoms with E-state index in [9.17, 15) is 9.59 Å². The Kier molecular flexibility index (Phi) is 5.35. The Morgan fingerprint density at radius 2 is 2.00 bits per heavy atom. The average molecular weight is 338 g/mol. The van der Waals surface area contributed by atoms with Crippen molar-refractivity contribution in [3.8, 4) is 0 Å². The smallest absolute Gasteiger partial charge is 0.287 e. The lowest BCUT2D eigenvalue weighted by Crippen LogP contribution is -2.37. The zero-order valence-electron chi connectivity index (χ0n) is 11.6. The van der Waals surface area contributed by atoms with Crippen molar-refractivity contribution in [2.45, 2.75) is 6.54 Å². The highest BCUT2D eigenvalue weighted by Gasteiger charge is 2.17. The SMILES string of the molecule is C=CCN(C(=O)Cn1ncc(Cl)c(Cl)c1=O)c1ccccc1.